The first kappa shape index (κ1) is 19.1. The normalized spacial score (nSPS) is 16.1. The molecule has 1 aliphatic carbocycles. The van der Waals surface area contributed by atoms with Crippen LogP contribution >= 0.6 is 0 Å². The molecular weight excluding hydrogens is 354 g/mol. The molecule has 2 aromatic rings. The largest absolute Gasteiger partial charge is 0.431 e. The lowest BCUT2D eigenvalue weighted by Crippen LogP contribution is -2.27. The summed E-state index contributed by atoms with van der Waals surface area (Å²) in [5.41, 5.74) is 5.09. The number of amides is 1. The van der Waals surface area contributed by atoms with Crippen molar-refractivity contribution in [2.45, 2.75) is 45.1 Å². The van der Waals surface area contributed by atoms with Gasteiger partial charge < -0.3 is 20.8 Å². The second kappa shape index (κ2) is 8.37. The molecule has 0 bridgehead atoms. The average molecular weight is 378 g/mol. The third kappa shape index (κ3) is 4.75. The number of nitrogens with two attached hydrogens (primary N) is 1. The van der Waals surface area contributed by atoms with Gasteiger partial charge in [0.2, 0.25) is 0 Å². The molecule has 3 rings (SSSR count). The van der Waals surface area contributed by atoms with E-state index < -0.39 is 29.3 Å². The Bertz CT molecular complexity index is 780. The lowest BCUT2D eigenvalue weighted by Gasteiger charge is -2.21. The smallest absolute Gasteiger partial charge is 0.295 e. The van der Waals surface area contributed by atoms with E-state index in [2.05, 4.69) is 15.6 Å². The molecule has 1 aromatic carbocycles. The molecule has 4 N–H and O–H groups in total. The van der Waals surface area contributed by atoms with Gasteiger partial charge in [0.05, 0.1) is 6.04 Å². The lowest BCUT2D eigenvalue weighted by molar-refractivity contribution is 0.0934. The summed E-state index contributed by atoms with van der Waals surface area (Å²) in [6.45, 7) is 2.38. The van der Waals surface area contributed by atoms with Gasteiger partial charge in [-0.3, -0.25) is 4.79 Å². The molecule has 0 aliphatic heterocycles. The SMILES string of the molecule is C[C@@H](NC(=O)c1coc(NCC2CCCCC2)n1)c1cc(F)c(N)c(F)c1. The summed E-state index contributed by atoms with van der Waals surface area (Å²) in [7, 11) is 0. The van der Waals surface area contributed by atoms with E-state index in [9.17, 15) is 13.6 Å². The first-order chi connectivity index (χ1) is 12.9. The molecule has 1 amide bonds. The van der Waals surface area contributed by atoms with Crippen LogP contribution in [0.3, 0.4) is 0 Å². The van der Waals surface area contributed by atoms with Crippen molar-refractivity contribution in [1.29, 1.82) is 0 Å². The number of nitrogens with zero attached hydrogens (tertiary/aromatic N) is 1. The molecule has 0 spiro atoms. The van der Waals surface area contributed by atoms with Crippen LogP contribution in [-0.2, 0) is 0 Å². The number of rotatable bonds is 6. The summed E-state index contributed by atoms with van der Waals surface area (Å²) >= 11 is 0. The fraction of sp³-hybridized carbons (Fsp3) is 0.474. The number of carbonyl (C=O) groups is 1. The van der Waals surface area contributed by atoms with Gasteiger partial charge >= 0.3 is 0 Å². The number of halogens is 2. The molecule has 1 atom stereocenters. The number of anilines is 2. The van der Waals surface area contributed by atoms with Gasteiger partial charge in [-0.15, -0.1) is 0 Å². The molecule has 1 heterocycles. The van der Waals surface area contributed by atoms with Crippen molar-refractivity contribution in [2.75, 3.05) is 17.6 Å². The van der Waals surface area contributed by atoms with Gasteiger partial charge in [-0.25, -0.2) is 8.78 Å². The molecule has 27 heavy (non-hydrogen) atoms. The Labute approximate surface area is 156 Å². The van der Waals surface area contributed by atoms with E-state index in [1.54, 1.807) is 6.92 Å². The van der Waals surface area contributed by atoms with Crippen LogP contribution in [0.5, 0.6) is 0 Å². The van der Waals surface area contributed by atoms with E-state index in [-0.39, 0.29) is 11.3 Å². The summed E-state index contributed by atoms with van der Waals surface area (Å²) in [4.78, 5) is 16.4. The quantitative estimate of drug-likeness (QED) is 0.660. The summed E-state index contributed by atoms with van der Waals surface area (Å²) in [6.07, 6.45) is 7.42. The molecule has 1 saturated carbocycles. The molecule has 8 heteroatoms. The van der Waals surface area contributed by atoms with Crippen LogP contribution in [0.15, 0.2) is 22.8 Å². The number of hydrogen-bond acceptors (Lipinski definition) is 5. The summed E-state index contributed by atoms with van der Waals surface area (Å²) in [5.74, 6) is -1.61. The molecule has 1 fully saturated rings. The van der Waals surface area contributed by atoms with Crippen LogP contribution in [0.1, 0.15) is 61.1 Å². The van der Waals surface area contributed by atoms with Gasteiger partial charge in [0, 0.05) is 6.54 Å². The van der Waals surface area contributed by atoms with Gasteiger partial charge in [0.25, 0.3) is 11.9 Å². The van der Waals surface area contributed by atoms with Crippen molar-refractivity contribution in [3.8, 4) is 0 Å². The summed E-state index contributed by atoms with van der Waals surface area (Å²) in [5, 5.41) is 5.77. The van der Waals surface area contributed by atoms with E-state index in [0.29, 0.717) is 11.9 Å². The number of hydrogen-bond donors (Lipinski definition) is 3. The van der Waals surface area contributed by atoms with Gasteiger partial charge in [-0.2, -0.15) is 4.98 Å². The first-order valence-corrected chi connectivity index (χ1v) is 9.18. The Kier molecular flexibility index (Phi) is 5.93. The van der Waals surface area contributed by atoms with Gasteiger partial charge in [0.1, 0.15) is 23.6 Å². The highest BCUT2D eigenvalue weighted by Crippen LogP contribution is 2.24. The van der Waals surface area contributed by atoms with Crippen LogP contribution < -0.4 is 16.4 Å². The van der Waals surface area contributed by atoms with Gasteiger partial charge in [0.15, 0.2) is 5.69 Å². The monoisotopic (exact) mass is 378 g/mol. The number of nitrogen functional groups attached to an aromatic ring is 1. The van der Waals surface area contributed by atoms with Crippen molar-refractivity contribution >= 4 is 17.6 Å². The zero-order valence-electron chi connectivity index (χ0n) is 15.2. The number of aromatic nitrogens is 1. The Balaban J connectivity index is 1.57. The first-order valence-electron chi connectivity index (χ1n) is 9.18. The van der Waals surface area contributed by atoms with Crippen molar-refractivity contribution in [1.82, 2.24) is 10.3 Å². The van der Waals surface area contributed by atoms with E-state index >= 15 is 0 Å². The Hall–Kier alpha value is -2.64. The highest BCUT2D eigenvalue weighted by Gasteiger charge is 2.19. The van der Waals surface area contributed by atoms with Crippen LogP contribution in [0.25, 0.3) is 0 Å². The Morgan fingerprint density at radius 3 is 2.63 bits per heavy atom. The molecule has 0 radical (unpaired) electrons. The second-order valence-corrected chi connectivity index (χ2v) is 7.02. The van der Waals surface area contributed by atoms with Crippen LogP contribution in [0, 0.1) is 17.6 Å². The van der Waals surface area contributed by atoms with E-state index in [0.717, 1.165) is 18.7 Å². The highest BCUT2D eigenvalue weighted by molar-refractivity contribution is 5.92. The number of carbonyl (C=O) groups excluding carboxylic acids is 1. The maximum atomic E-state index is 13.6. The fourth-order valence-corrected chi connectivity index (χ4v) is 3.29. The summed E-state index contributed by atoms with van der Waals surface area (Å²) < 4.78 is 32.5. The van der Waals surface area contributed by atoms with Crippen molar-refractivity contribution in [3.63, 3.8) is 0 Å². The van der Waals surface area contributed by atoms with E-state index in [1.165, 1.54) is 38.4 Å². The fourth-order valence-electron chi connectivity index (χ4n) is 3.29. The van der Waals surface area contributed by atoms with Gasteiger partial charge in [-0.1, -0.05) is 19.3 Å². The highest BCUT2D eigenvalue weighted by atomic mass is 19.1. The lowest BCUT2D eigenvalue weighted by atomic mass is 9.89. The molecule has 146 valence electrons. The zero-order valence-corrected chi connectivity index (χ0v) is 15.2. The molecule has 1 aliphatic rings. The van der Waals surface area contributed by atoms with Crippen LogP contribution in [0.4, 0.5) is 20.5 Å². The van der Waals surface area contributed by atoms with Crippen molar-refractivity contribution in [3.05, 3.63) is 41.3 Å². The maximum absolute atomic E-state index is 13.6. The summed E-state index contributed by atoms with van der Waals surface area (Å²) in [6, 6.07) is 1.87. The third-order valence-electron chi connectivity index (χ3n) is 4.95. The minimum atomic E-state index is -0.860. The minimum Gasteiger partial charge on any atom is -0.431 e. The van der Waals surface area contributed by atoms with E-state index in [4.69, 9.17) is 10.2 Å². The molecular formula is C19H24F2N4O2. The van der Waals surface area contributed by atoms with Crippen LogP contribution in [-0.4, -0.2) is 17.4 Å². The second-order valence-electron chi connectivity index (χ2n) is 7.02. The Morgan fingerprint density at radius 1 is 1.30 bits per heavy atom. The molecule has 0 saturated heterocycles. The van der Waals surface area contributed by atoms with Crippen LogP contribution in [0.2, 0.25) is 0 Å². The number of benzene rings is 1. The molecule has 0 unspecified atom stereocenters. The van der Waals surface area contributed by atoms with Crippen molar-refractivity contribution < 1.29 is 18.0 Å². The topological polar surface area (TPSA) is 93.2 Å². The molecule has 1 aromatic heterocycles. The van der Waals surface area contributed by atoms with E-state index in [1.807, 2.05) is 0 Å². The Morgan fingerprint density at radius 2 is 1.96 bits per heavy atom. The van der Waals surface area contributed by atoms with Crippen molar-refractivity contribution in [2.24, 2.45) is 5.92 Å². The van der Waals surface area contributed by atoms with Gasteiger partial charge in [-0.05, 0) is 43.4 Å². The predicted octanol–water partition coefficient (Wildman–Crippen LogP) is 4.02. The number of oxazole rings is 1. The molecule has 6 nitrogen and oxygen atoms in total. The average Bonchev–Trinajstić information content (AvgIpc) is 3.14. The predicted molar refractivity (Wildman–Crippen MR) is 98.2 cm³/mol. The third-order valence-corrected chi connectivity index (χ3v) is 4.95. The zero-order chi connectivity index (χ0) is 19.4. The standard InChI is InChI=1S/C19H24F2N4O2/c1-11(13-7-14(20)17(22)15(21)8-13)24-18(26)16-10-27-19(25-16)23-9-12-5-3-2-4-6-12/h7-8,10-12H,2-6,9,22H2,1H3,(H,23,25)(H,24,26)/t11-/m1/s1. The maximum Gasteiger partial charge on any atom is 0.295 e. The minimum absolute atomic E-state index is 0.101. The number of nitrogens with one attached hydrogen (secondary N) is 2.